The molecule has 0 saturated carbocycles. The van der Waals surface area contributed by atoms with E-state index in [0.717, 1.165) is 5.82 Å². The van der Waals surface area contributed by atoms with Crippen molar-refractivity contribution >= 4 is 5.91 Å². The third-order valence-electron chi connectivity index (χ3n) is 2.94. The van der Waals surface area contributed by atoms with Gasteiger partial charge in [0.1, 0.15) is 17.7 Å². The number of carbonyl (C=O) groups is 1. The molecule has 2 rings (SSSR count). The molecule has 0 spiro atoms. The van der Waals surface area contributed by atoms with Gasteiger partial charge < -0.3 is 20.4 Å². The number of carbonyl (C=O) groups excluding carboxylic acids is 1. The molecule has 1 aliphatic rings. The number of amides is 1. The minimum Gasteiger partial charge on any atom is -0.379 e. The minimum absolute atomic E-state index is 0.155. The van der Waals surface area contributed by atoms with Crippen molar-refractivity contribution in [2.45, 2.75) is 18.4 Å². The molecule has 2 heterocycles. The molecular formula is C10H17N5O2. The van der Waals surface area contributed by atoms with Gasteiger partial charge in [-0.3, -0.25) is 4.79 Å². The predicted octanol–water partition coefficient (Wildman–Crippen LogP) is -1.41. The van der Waals surface area contributed by atoms with E-state index in [9.17, 15) is 4.79 Å². The highest BCUT2D eigenvalue weighted by Crippen LogP contribution is 2.15. The SMILES string of the molecule is Cn1cnnc1CCNC(=O)C1(N)CCOC1. The first-order valence-corrected chi connectivity index (χ1v) is 5.60. The average Bonchev–Trinajstić information content (AvgIpc) is 2.89. The number of aromatic nitrogens is 3. The molecule has 0 aliphatic carbocycles. The fraction of sp³-hybridized carbons (Fsp3) is 0.700. The molecule has 7 heteroatoms. The molecular weight excluding hydrogens is 222 g/mol. The van der Waals surface area contributed by atoms with Crippen molar-refractivity contribution in [1.82, 2.24) is 20.1 Å². The van der Waals surface area contributed by atoms with Gasteiger partial charge in [-0.2, -0.15) is 0 Å². The van der Waals surface area contributed by atoms with Crippen LogP contribution < -0.4 is 11.1 Å². The fourth-order valence-corrected chi connectivity index (χ4v) is 1.76. The third kappa shape index (κ3) is 2.62. The first-order valence-electron chi connectivity index (χ1n) is 5.60. The largest absolute Gasteiger partial charge is 0.379 e. The van der Waals surface area contributed by atoms with Crippen molar-refractivity contribution in [3.8, 4) is 0 Å². The number of ether oxygens (including phenoxy) is 1. The van der Waals surface area contributed by atoms with Crippen LogP contribution in [-0.2, 0) is 23.0 Å². The monoisotopic (exact) mass is 239 g/mol. The fourth-order valence-electron chi connectivity index (χ4n) is 1.76. The Labute approximate surface area is 99.3 Å². The van der Waals surface area contributed by atoms with E-state index in [-0.39, 0.29) is 5.91 Å². The van der Waals surface area contributed by atoms with Crippen LogP contribution in [0.3, 0.4) is 0 Å². The normalized spacial score (nSPS) is 23.9. The molecule has 1 aliphatic heterocycles. The van der Waals surface area contributed by atoms with Crippen molar-refractivity contribution in [1.29, 1.82) is 0 Å². The number of nitrogens with one attached hydrogen (secondary N) is 1. The summed E-state index contributed by atoms with van der Waals surface area (Å²) >= 11 is 0. The smallest absolute Gasteiger partial charge is 0.242 e. The molecule has 1 aromatic heterocycles. The maximum absolute atomic E-state index is 11.8. The Morgan fingerprint density at radius 1 is 1.76 bits per heavy atom. The van der Waals surface area contributed by atoms with Crippen molar-refractivity contribution < 1.29 is 9.53 Å². The van der Waals surface area contributed by atoms with Crippen LogP contribution in [0.4, 0.5) is 0 Å². The molecule has 1 fully saturated rings. The van der Waals surface area contributed by atoms with Crippen molar-refractivity contribution in [3.63, 3.8) is 0 Å². The van der Waals surface area contributed by atoms with E-state index in [1.54, 1.807) is 6.33 Å². The third-order valence-corrected chi connectivity index (χ3v) is 2.94. The number of nitrogens with zero attached hydrogens (tertiary/aromatic N) is 3. The topological polar surface area (TPSA) is 95.1 Å². The zero-order valence-electron chi connectivity index (χ0n) is 9.85. The molecule has 1 unspecified atom stereocenters. The number of aryl methyl sites for hydroxylation is 1. The van der Waals surface area contributed by atoms with Crippen LogP contribution >= 0.6 is 0 Å². The van der Waals surface area contributed by atoms with Crippen molar-refractivity contribution in [2.24, 2.45) is 12.8 Å². The summed E-state index contributed by atoms with van der Waals surface area (Å²) in [4.78, 5) is 11.8. The van der Waals surface area contributed by atoms with E-state index in [0.29, 0.717) is 32.6 Å². The maximum Gasteiger partial charge on any atom is 0.242 e. The summed E-state index contributed by atoms with van der Waals surface area (Å²) in [6, 6.07) is 0. The predicted molar refractivity (Wildman–Crippen MR) is 60.1 cm³/mol. The highest BCUT2D eigenvalue weighted by Gasteiger charge is 2.37. The molecule has 1 saturated heterocycles. The molecule has 0 radical (unpaired) electrons. The molecule has 1 aromatic rings. The first-order chi connectivity index (χ1) is 8.12. The molecule has 1 amide bonds. The second kappa shape index (κ2) is 4.80. The summed E-state index contributed by atoms with van der Waals surface area (Å²) in [5.74, 6) is 0.677. The lowest BCUT2D eigenvalue weighted by Gasteiger charge is -2.20. The van der Waals surface area contributed by atoms with Crippen LogP contribution in [0, 0.1) is 0 Å². The molecule has 17 heavy (non-hydrogen) atoms. The number of hydrogen-bond donors (Lipinski definition) is 2. The molecule has 7 nitrogen and oxygen atoms in total. The second-order valence-corrected chi connectivity index (χ2v) is 4.32. The van der Waals surface area contributed by atoms with E-state index < -0.39 is 5.54 Å². The number of rotatable bonds is 4. The number of hydrogen-bond acceptors (Lipinski definition) is 5. The summed E-state index contributed by atoms with van der Waals surface area (Å²) in [5.41, 5.74) is 5.06. The zero-order valence-corrected chi connectivity index (χ0v) is 9.85. The molecule has 1 atom stereocenters. The Morgan fingerprint density at radius 3 is 3.18 bits per heavy atom. The van der Waals surface area contributed by atoms with Crippen LogP contribution in [0.2, 0.25) is 0 Å². The Kier molecular flexibility index (Phi) is 3.39. The van der Waals surface area contributed by atoms with E-state index in [2.05, 4.69) is 15.5 Å². The molecule has 94 valence electrons. The highest BCUT2D eigenvalue weighted by molar-refractivity contribution is 5.86. The Hall–Kier alpha value is -1.47. The van der Waals surface area contributed by atoms with Gasteiger partial charge in [-0.15, -0.1) is 10.2 Å². The van der Waals surface area contributed by atoms with E-state index in [1.165, 1.54) is 0 Å². The van der Waals surface area contributed by atoms with Gasteiger partial charge in [-0.25, -0.2) is 0 Å². The average molecular weight is 239 g/mol. The van der Waals surface area contributed by atoms with Gasteiger partial charge >= 0.3 is 0 Å². The van der Waals surface area contributed by atoms with E-state index >= 15 is 0 Å². The van der Waals surface area contributed by atoms with Gasteiger partial charge in [-0.1, -0.05) is 0 Å². The standard InChI is InChI=1S/C10H17N5O2/c1-15-7-13-14-8(15)2-4-12-9(16)10(11)3-5-17-6-10/h7H,2-6,11H2,1H3,(H,12,16). The lowest BCUT2D eigenvalue weighted by atomic mass is 9.99. The van der Waals surface area contributed by atoms with Gasteiger partial charge in [0.2, 0.25) is 5.91 Å². The quantitative estimate of drug-likeness (QED) is 0.673. The lowest BCUT2D eigenvalue weighted by molar-refractivity contribution is -0.126. The Bertz CT molecular complexity index is 397. The molecule has 0 bridgehead atoms. The van der Waals surface area contributed by atoms with Crippen molar-refractivity contribution in [2.75, 3.05) is 19.8 Å². The van der Waals surface area contributed by atoms with E-state index in [1.807, 2.05) is 11.6 Å². The van der Waals surface area contributed by atoms with Gasteiger partial charge in [0, 0.05) is 26.6 Å². The number of nitrogens with two attached hydrogens (primary N) is 1. The first kappa shape index (κ1) is 12.0. The van der Waals surface area contributed by atoms with Crippen LogP contribution in [0.5, 0.6) is 0 Å². The minimum atomic E-state index is -0.861. The van der Waals surface area contributed by atoms with Gasteiger partial charge in [0.05, 0.1) is 6.61 Å². The highest BCUT2D eigenvalue weighted by atomic mass is 16.5. The molecule has 0 aromatic carbocycles. The van der Waals surface area contributed by atoms with Gasteiger partial charge in [0.25, 0.3) is 0 Å². The maximum atomic E-state index is 11.8. The Morgan fingerprint density at radius 2 is 2.59 bits per heavy atom. The summed E-state index contributed by atoms with van der Waals surface area (Å²) < 4.78 is 6.96. The zero-order chi connectivity index (χ0) is 12.3. The second-order valence-electron chi connectivity index (χ2n) is 4.32. The van der Waals surface area contributed by atoms with Crippen LogP contribution in [0.1, 0.15) is 12.2 Å². The summed E-state index contributed by atoms with van der Waals surface area (Å²) in [6.45, 7) is 1.35. The van der Waals surface area contributed by atoms with Gasteiger partial charge in [0.15, 0.2) is 0 Å². The van der Waals surface area contributed by atoms with Gasteiger partial charge in [-0.05, 0) is 6.42 Å². The van der Waals surface area contributed by atoms with E-state index in [4.69, 9.17) is 10.5 Å². The van der Waals surface area contributed by atoms with Crippen LogP contribution in [0.25, 0.3) is 0 Å². The molecule has 3 N–H and O–H groups in total. The lowest BCUT2D eigenvalue weighted by Crippen LogP contribution is -2.54. The summed E-state index contributed by atoms with van der Waals surface area (Å²) in [5, 5.41) is 10.5. The summed E-state index contributed by atoms with van der Waals surface area (Å²) in [6.07, 6.45) is 2.84. The van der Waals surface area contributed by atoms with Crippen molar-refractivity contribution in [3.05, 3.63) is 12.2 Å². The van der Waals surface area contributed by atoms with Crippen LogP contribution in [-0.4, -0.2) is 46.0 Å². The van der Waals surface area contributed by atoms with Crippen LogP contribution in [0.15, 0.2) is 6.33 Å². The summed E-state index contributed by atoms with van der Waals surface area (Å²) in [7, 11) is 1.87. The Balaban J connectivity index is 1.79.